The lowest BCUT2D eigenvalue weighted by atomic mass is 10.1. The third-order valence-corrected chi connectivity index (χ3v) is 5.20. The van der Waals surface area contributed by atoms with Crippen LogP contribution in [0.3, 0.4) is 0 Å². The first-order chi connectivity index (χ1) is 11.5. The van der Waals surface area contributed by atoms with Gasteiger partial charge in [0.15, 0.2) is 0 Å². The van der Waals surface area contributed by atoms with Gasteiger partial charge in [-0.25, -0.2) is 0 Å². The molecule has 0 saturated carbocycles. The minimum atomic E-state index is -0.190. The minimum Gasteiger partial charge on any atom is -0.348 e. The summed E-state index contributed by atoms with van der Waals surface area (Å²) in [6, 6.07) is 9.95. The summed E-state index contributed by atoms with van der Waals surface area (Å²) in [7, 11) is 0. The van der Waals surface area contributed by atoms with Crippen LogP contribution in [0.5, 0.6) is 0 Å². The Morgan fingerprint density at radius 3 is 2.54 bits per heavy atom. The SMILES string of the molecule is CCn1ccc2sc(C)c(C(=O)NCc3ccc(C)cc3)c2c1=O. The molecule has 5 heteroatoms. The van der Waals surface area contributed by atoms with Crippen LogP contribution >= 0.6 is 11.3 Å². The molecule has 0 unspecified atom stereocenters. The number of fused-ring (bicyclic) bond motifs is 1. The number of carbonyl (C=O) groups is 1. The van der Waals surface area contributed by atoms with Crippen molar-refractivity contribution in [2.75, 3.05) is 0 Å². The first kappa shape index (κ1) is 16.5. The van der Waals surface area contributed by atoms with E-state index >= 15 is 0 Å². The monoisotopic (exact) mass is 340 g/mol. The van der Waals surface area contributed by atoms with Gasteiger partial charge in [-0.3, -0.25) is 9.59 Å². The topological polar surface area (TPSA) is 51.1 Å². The van der Waals surface area contributed by atoms with Crippen LogP contribution in [0.4, 0.5) is 0 Å². The molecule has 3 rings (SSSR count). The van der Waals surface area contributed by atoms with Crippen LogP contribution in [0.25, 0.3) is 10.1 Å². The highest BCUT2D eigenvalue weighted by Gasteiger charge is 2.19. The predicted octanol–water partition coefficient (Wildman–Crippen LogP) is 3.63. The zero-order valence-corrected chi connectivity index (χ0v) is 14.9. The summed E-state index contributed by atoms with van der Waals surface area (Å²) in [4.78, 5) is 26.2. The van der Waals surface area contributed by atoms with Crippen molar-refractivity contribution >= 4 is 27.3 Å². The molecule has 0 aliphatic heterocycles. The number of nitrogens with zero attached hydrogens (tertiary/aromatic N) is 1. The fraction of sp³-hybridized carbons (Fsp3) is 0.263. The number of nitrogens with one attached hydrogen (secondary N) is 1. The van der Waals surface area contributed by atoms with E-state index in [0.717, 1.165) is 15.1 Å². The molecule has 0 fully saturated rings. The maximum absolute atomic E-state index is 12.7. The second kappa shape index (κ2) is 6.61. The third-order valence-electron chi connectivity index (χ3n) is 4.13. The van der Waals surface area contributed by atoms with Crippen molar-refractivity contribution in [1.29, 1.82) is 0 Å². The summed E-state index contributed by atoms with van der Waals surface area (Å²) in [6.45, 7) is 6.88. The number of hydrogen-bond acceptors (Lipinski definition) is 3. The Morgan fingerprint density at radius 1 is 1.17 bits per heavy atom. The van der Waals surface area contributed by atoms with Gasteiger partial charge in [-0.15, -0.1) is 11.3 Å². The maximum Gasteiger partial charge on any atom is 0.260 e. The average molecular weight is 340 g/mol. The molecule has 0 aliphatic rings. The first-order valence-corrected chi connectivity index (χ1v) is 8.79. The molecule has 1 N–H and O–H groups in total. The fourth-order valence-electron chi connectivity index (χ4n) is 2.76. The van der Waals surface area contributed by atoms with Crippen LogP contribution in [0.15, 0.2) is 41.3 Å². The van der Waals surface area contributed by atoms with Crippen molar-refractivity contribution in [2.24, 2.45) is 0 Å². The molecule has 1 amide bonds. The normalized spacial score (nSPS) is 11.0. The highest BCUT2D eigenvalue weighted by atomic mass is 32.1. The number of rotatable bonds is 4. The number of carbonyl (C=O) groups excluding carboxylic acids is 1. The lowest BCUT2D eigenvalue weighted by molar-refractivity contribution is 0.0952. The Bertz CT molecular complexity index is 952. The second-order valence-corrected chi connectivity index (χ2v) is 7.10. The zero-order chi connectivity index (χ0) is 17.3. The lowest BCUT2D eigenvalue weighted by Gasteiger charge is -2.07. The molecule has 2 heterocycles. The van der Waals surface area contributed by atoms with E-state index in [2.05, 4.69) is 5.32 Å². The van der Waals surface area contributed by atoms with Gasteiger partial charge in [0.2, 0.25) is 0 Å². The second-order valence-electron chi connectivity index (χ2n) is 5.85. The number of pyridine rings is 1. The van der Waals surface area contributed by atoms with Crippen molar-refractivity contribution in [3.8, 4) is 0 Å². The van der Waals surface area contributed by atoms with Crippen molar-refractivity contribution in [1.82, 2.24) is 9.88 Å². The highest BCUT2D eigenvalue weighted by molar-refractivity contribution is 7.19. The number of amides is 1. The highest BCUT2D eigenvalue weighted by Crippen LogP contribution is 2.28. The van der Waals surface area contributed by atoms with Gasteiger partial charge in [0, 0.05) is 28.9 Å². The van der Waals surface area contributed by atoms with Gasteiger partial charge in [0.25, 0.3) is 11.5 Å². The van der Waals surface area contributed by atoms with Crippen LogP contribution in [-0.4, -0.2) is 10.5 Å². The van der Waals surface area contributed by atoms with Crippen LogP contribution in [0.2, 0.25) is 0 Å². The maximum atomic E-state index is 12.7. The summed E-state index contributed by atoms with van der Waals surface area (Å²) in [6.07, 6.45) is 1.79. The van der Waals surface area contributed by atoms with E-state index < -0.39 is 0 Å². The molecule has 0 aliphatic carbocycles. The Balaban J connectivity index is 1.93. The number of aromatic nitrogens is 1. The minimum absolute atomic E-state index is 0.0974. The fourth-order valence-corrected chi connectivity index (χ4v) is 3.81. The molecule has 3 aromatic rings. The summed E-state index contributed by atoms with van der Waals surface area (Å²) in [5, 5.41) is 3.47. The van der Waals surface area contributed by atoms with Gasteiger partial charge in [-0.2, -0.15) is 0 Å². The molecule has 124 valence electrons. The number of aryl methyl sites for hydroxylation is 3. The Hall–Kier alpha value is -2.40. The third kappa shape index (κ3) is 2.99. The van der Waals surface area contributed by atoms with E-state index in [9.17, 15) is 9.59 Å². The van der Waals surface area contributed by atoms with Gasteiger partial charge >= 0.3 is 0 Å². The van der Waals surface area contributed by atoms with E-state index in [1.165, 1.54) is 16.9 Å². The van der Waals surface area contributed by atoms with E-state index in [1.807, 2.05) is 51.1 Å². The Labute approximate surface area is 144 Å². The lowest BCUT2D eigenvalue weighted by Crippen LogP contribution is -2.26. The van der Waals surface area contributed by atoms with Gasteiger partial charge < -0.3 is 9.88 Å². The molecule has 0 spiro atoms. The molecule has 0 bridgehead atoms. The van der Waals surface area contributed by atoms with Gasteiger partial charge in [-0.1, -0.05) is 29.8 Å². The Morgan fingerprint density at radius 2 is 1.88 bits per heavy atom. The first-order valence-electron chi connectivity index (χ1n) is 7.97. The van der Waals surface area contributed by atoms with Crippen molar-refractivity contribution in [3.63, 3.8) is 0 Å². The summed E-state index contributed by atoms with van der Waals surface area (Å²) < 4.78 is 2.49. The van der Waals surface area contributed by atoms with Crippen molar-refractivity contribution < 1.29 is 4.79 Å². The largest absolute Gasteiger partial charge is 0.348 e. The molecule has 0 atom stereocenters. The summed E-state index contributed by atoms with van der Waals surface area (Å²) in [5.41, 5.74) is 2.64. The standard InChI is InChI=1S/C19H20N2O2S/c1-4-21-10-9-15-17(19(21)23)16(13(3)24-15)18(22)20-11-14-7-5-12(2)6-8-14/h5-10H,4,11H2,1-3H3,(H,20,22). The molecular weight excluding hydrogens is 320 g/mol. The van der Waals surface area contributed by atoms with E-state index in [4.69, 9.17) is 0 Å². The zero-order valence-electron chi connectivity index (χ0n) is 14.1. The summed E-state index contributed by atoms with van der Waals surface area (Å²) in [5.74, 6) is -0.190. The van der Waals surface area contributed by atoms with Crippen LogP contribution < -0.4 is 10.9 Å². The molecule has 24 heavy (non-hydrogen) atoms. The van der Waals surface area contributed by atoms with E-state index in [0.29, 0.717) is 24.0 Å². The number of hydrogen-bond donors (Lipinski definition) is 1. The van der Waals surface area contributed by atoms with Crippen LogP contribution in [-0.2, 0) is 13.1 Å². The molecule has 1 aromatic carbocycles. The van der Waals surface area contributed by atoms with Crippen LogP contribution in [0, 0.1) is 13.8 Å². The summed E-state index contributed by atoms with van der Waals surface area (Å²) >= 11 is 1.49. The predicted molar refractivity (Wildman–Crippen MR) is 98.8 cm³/mol. The Kier molecular flexibility index (Phi) is 4.53. The van der Waals surface area contributed by atoms with Gasteiger partial charge in [-0.05, 0) is 32.4 Å². The molecule has 0 radical (unpaired) electrons. The number of benzene rings is 1. The smallest absolute Gasteiger partial charge is 0.260 e. The van der Waals surface area contributed by atoms with Gasteiger partial charge in [0.1, 0.15) is 0 Å². The molecule has 0 saturated heterocycles. The van der Waals surface area contributed by atoms with Crippen molar-refractivity contribution in [2.45, 2.75) is 33.9 Å². The quantitative estimate of drug-likeness (QED) is 0.788. The number of thiophene rings is 1. The van der Waals surface area contributed by atoms with E-state index in [1.54, 1.807) is 10.8 Å². The van der Waals surface area contributed by atoms with Gasteiger partial charge in [0.05, 0.1) is 10.9 Å². The van der Waals surface area contributed by atoms with E-state index in [-0.39, 0.29) is 11.5 Å². The molecular formula is C19H20N2O2S. The average Bonchev–Trinajstić information content (AvgIpc) is 2.91. The van der Waals surface area contributed by atoms with Crippen molar-refractivity contribution in [3.05, 3.63) is 68.4 Å². The van der Waals surface area contributed by atoms with Crippen LogP contribution in [0.1, 0.15) is 33.3 Å². The molecule has 2 aromatic heterocycles. The molecule has 4 nitrogen and oxygen atoms in total.